The number of phosphoric ester groups is 1. The van der Waals surface area contributed by atoms with Crippen LogP contribution in [0.4, 0.5) is 0 Å². The molecule has 7 heteroatoms. The first-order valence-corrected chi connectivity index (χ1v) is 11.5. The highest BCUT2D eigenvalue weighted by Crippen LogP contribution is 2.45. The Morgan fingerprint density at radius 3 is 1.15 bits per heavy atom. The monoisotopic (exact) mass is 458 g/mol. The maximum absolute atomic E-state index is 12.3. The van der Waals surface area contributed by atoms with Crippen LogP contribution in [-0.2, 0) is 13.6 Å². The molecule has 164 valence electrons. The van der Waals surface area contributed by atoms with Crippen LogP contribution in [0.25, 0.3) is 22.3 Å². The lowest BCUT2D eigenvalue weighted by Gasteiger charge is -2.12. The van der Waals surface area contributed by atoms with Gasteiger partial charge in [-0.2, -0.15) is 0 Å². The van der Waals surface area contributed by atoms with E-state index < -0.39 is 19.8 Å². The molecule has 4 aromatic rings. The summed E-state index contributed by atoms with van der Waals surface area (Å²) in [5.41, 5.74) is 3.74. The number of phosphoric acid groups is 1. The van der Waals surface area contributed by atoms with Crippen LogP contribution in [-0.4, -0.2) is 16.8 Å². The van der Waals surface area contributed by atoms with Crippen LogP contribution in [0.3, 0.4) is 0 Å². The Balaban J connectivity index is 1.39. The zero-order valence-electron chi connectivity index (χ0n) is 17.3. The number of hydrogen-bond donors (Lipinski definition) is 1. The lowest BCUT2D eigenvalue weighted by Crippen LogP contribution is -2.09. The number of carbonyl (C=O) groups excluding carboxylic acids is 2. The van der Waals surface area contributed by atoms with E-state index in [-0.39, 0.29) is 11.1 Å². The van der Waals surface area contributed by atoms with Crippen molar-refractivity contribution in [1.29, 1.82) is 0 Å². The minimum absolute atomic E-state index is 0.0484. The van der Waals surface area contributed by atoms with Gasteiger partial charge in [-0.05, 0) is 46.5 Å². The van der Waals surface area contributed by atoms with E-state index in [1.165, 1.54) is 24.3 Å². The maximum Gasteiger partial charge on any atom is 0.589 e. The fourth-order valence-corrected chi connectivity index (χ4v) is 3.86. The summed E-state index contributed by atoms with van der Waals surface area (Å²) in [6.07, 6.45) is 0. The van der Waals surface area contributed by atoms with Crippen molar-refractivity contribution in [1.82, 2.24) is 0 Å². The van der Waals surface area contributed by atoms with E-state index >= 15 is 0 Å². The van der Waals surface area contributed by atoms with Gasteiger partial charge in [-0.1, -0.05) is 84.9 Å². The number of hydrogen-bond acceptors (Lipinski definition) is 5. The predicted molar refractivity (Wildman–Crippen MR) is 124 cm³/mol. The van der Waals surface area contributed by atoms with Crippen LogP contribution >= 0.6 is 7.82 Å². The summed E-state index contributed by atoms with van der Waals surface area (Å²) >= 11 is 0. The standard InChI is InChI=1S/C26H19O6P/c27-25(23-15-11-21(12-16-23)19-7-3-1-4-8-19)31-33(29,30)32-26(28)24-17-13-22(14-18-24)20-9-5-2-6-10-20/h1-18H,(H,29,30). The molecule has 0 saturated heterocycles. The molecule has 0 bridgehead atoms. The molecule has 4 aromatic carbocycles. The molecule has 0 spiro atoms. The van der Waals surface area contributed by atoms with Gasteiger partial charge in [0.15, 0.2) is 0 Å². The Morgan fingerprint density at radius 1 is 0.515 bits per heavy atom. The van der Waals surface area contributed by atoms with Gasteiger partial charge in [0, 0.05) is 0 Å². The molecule has 0 radical (unpaired) electrons. The number of benzene rings is 4. The average Bonchev–Trinajstić information content (AvgIpc) is 2.85. The molecule has 0 unspecified atom stereocenters. The minimum atomic E-state index is -4.97. The van der Waals surface area contributed by atoms with E-state index in [1.807, 2.05) is 60.7 Å². The second-order valence-electron chi connectivity index (χ2n) is 7.11. The SMILES string of the molecule is O=C(OP(=O)(O)OC(=O)c1ccc(-c2ccccc2)cc1)c1ccc(-c2ccccc2)cc1. The summed E-state index contributed by atoms with van der Waals surface area (Å²) in [6.45, 7) is 0. The van der Waals surface area contributed by atoms with Crippen molar-refractivity contribution in [2.45, 2.75) is 0 Å². The summed E-state index contributed by atoms with van der Waals surface area (Å²) in [5, 5.41) is 0. The van der Waals surface area contributed by atoms with Crippen LogP contribution in [0.1, 0.15) is 20.7 Å². The molecule has 0 aliphatic carbocycles. The average molecular weight is 458 g/mol. The van der Waals surface area contributed by atoms with Crippen LogP contribution in [0, 0.1) is 0 Å². The van der Waals surface area contributed by atoms with Gasteiger partial charge in [0.1, 0.15) is 0 Å². The summed E-state index contributed by atoms with van der Waals surface area (Å²) in [7, 11) is -4.97. The normalized spacial score (nSPS) is 10.9. The summed E-state index contributed by atoms with van der Waals surface area (Å²) in [5.74, 6) is -2.15. The smallest absolute Gasteiger partial charge is 0.357 e. The molecule has 4 rings (SSSR count). The van der Waals surface area contributed by atoms with Crippen molar-refractivity contribution < 1.29 is 28.1 Å². The highest BCUT2D eigenvalue weighted by Gasteiger charge is 2.32. The molecular formula is C26H19O6P. The third-order valence-electron chi connectivity index (χ3n) is 4.85. The summed E-state index contributed by atoms with van der Waals surface area (Å²) in [4.78, 5) is 34.5. The second-order valence-corrected chi connectivity index (χ2v) is 8.42. The molecule has 0 heterocycles. The van der Waals surface area contributed by atoms with Crippen LogP contribution in [0.15, 0.2) is 109 Å². The van der Waals surface area contributed by atoms with Crippen molar-refractivity contribution >= 4 is 19.8 Å². The van der Waals surface area contributed by atoms with Crippen molar-refractivity contribution in [2.75, 3.05) is 0 Å². The van der Waals surface area contributed by atoms with Crippen LogP contribution in [0.2, 0.25) is 0 Å². The van der Waals surface area contributed by atoms with E-state index in [1.54, 1.807) is 24.3 Å². The van der Waals surface area contributed by atoms with Gasteiger partial charge in [0.25, 0.3) is 0 Å². The molecule has 0 amide bonds. The van der Waals surface area contributed by atoms with Crippen LogP contribution < -0.4 is 0 Å². The molecular weight excluding hydrogens is 439 g/mol. The number of rotatable bonds is 6. The molecule has 1 N–H and O–H groups in total. The fraction of sp³-hybridized carbons (Fsp3) is 0. The van der Waals surface area contributed by atoms with E-state index in [9.17, 15) is 19.0 Å². The zero-order valence-corrected chi connectivity index (χ0v) is 18.2. The Labute approximate surface area is 190 Å². The van der Waals surface area contributed by atoms with Gasteiger partial charge >= 0.3 is 19.8 Å². The molecule has 0 aliphatic rings. The van der Waals surface area contributed by atoms with Gasteiger partial charge in [0.2, 0.25) is 0 Å². The molecule has 0 fully saturated rings. The highest BCUT2D eigenvalue weighted by atomic mass is 31.2. The lowest BCUT2D eigenvalue weighted by atomic mass is 10.0. The first-order chi connectivity index (χ1) is 15.9. The van der Waals surface area contributed by atoms with E-state index in [4.69, 9.17) is 0 Å². The maximum atomic E-state index is 12.3. The highest BCUT2D eigenvalue weighted by molar-refractivity contribution is 7.48. The van der Waals surface area contributed by atoms with E-state index in [0.29, 0.717) is 0 Å². The molecule has 0 saturated carbocycles. The van der Waals surface area contributed by atoms with Crippen LogP contribution in [0.5, 0.6) is 0 Å². The predicted octanol–water partition coefficient (Wildman–Crippen LogP) is 6.13. The molecule has 33 heavy (non-hydrogen) atoms. The number of carbonyl (C=O) groups is 2. The van der Waals surface area contributed by atoms with Crippen molar-refractivity contribution in [3.63, 3.8) is 0 Å². The zero-order chi connectivity index (χ0) is 23.3. The first kappa shape index (κ1) is 22.2. The van der Waals surface area contributed by atoms with E-state index in [0.717, 1.165) is 22.3 Å². The minimum Gasteiger partial charge on any atom is -0.357 e. The Bertz CT molecular complexity index is 1200. The third-order valence-corrected chi connectivity index (χ3v) is 5.65. The molecule has 0 aromatic heterocycles. The topological polar surface area (TPSA) is 89.9 Å². The Morgan fingerprint density at radius 2 is 0.818 bits per heavy atom. The molecule has 0 atom stereocenters. The molecule has 6 nitrogen and oxygen atoms in total. The van der Waals surface area contributed by atoms with Crippen molar-refractivity contribution in [3.05, 3.63) is 120 Å². The van der Waals surface area contributed by atoms with Gasteiger partial charge < -0.3 is 9.05 Å². The summed E-state index contributed by atoms with van der Waals surface area (Å²) in [6, 6.07) is 31.7. The van der Waals surface area contributed by atoms with Crippen molar-refractivity contribution in [2.24, 2.45) is 0 Å². The third kappa shape index (κ3) is 5.63. The molecule has 0 aliphatic heterocycles. The van der Waals surface area contributed by atoms with Gasteiger partial charge in [-0.3, -0.25) is 4.89 Å². The quantitative estimate of drug-likeness (QED) is 0.349. The summed E-state index contributed by atoms with van der Waals surface area (Å²) < 4.78 is 21.4. The first-order valence-electron chi connectivity index (χ1n) is 10.0. The van der Waals surface area contributed by atoms with E-state index in [2.05, 4.69) is 9.05 Å². The lowest BCUT2D eigenvalue weighted by molar-refractivity contribution is 0.0566. The fourth-order valence-electron chi connectivity index (χ4n) is 3.19. The largest absolute Gasteiger partial charge is 0.589 e. The van der Waals surface area contributed by atoms with Crippen molar-refractivity contribution in [3.8, 4) is 22.3 Å². The van der Waals surface area contributed by atoms with Gasteiger partial charge in [0.05, 0.1) is 11.1 Å². The Hall–Kier alpha value is -3.99. The second kappa shape index (κ2) is 9.65. The van der Waals surface area contributed by atoms with Gasteiger partial charge in [-0.15, -0.1) is 0 Å². The van der Waals surface area contributed by atoms with Gasteiger partial charge in [-0.25, -0.2) is 14.2 Å². The Kier molecular flexibility index (Phi) is 6.50.